The molecule has 2 aliphatic heterocycles. The molecule has 14 heavy (non-hydrogen) atoms. The Morgan fingerprint density at radius 2 is 1.29 bits per heavy atom. The zero-order valence-corrected chi connectivity index (χ0v) is 11.7. The van der Waals surface area contributed by atoms with Crippen LogP contribution in [-0.4, -0.2) is 22.0 Å². The Balaban J connectivity index is 1.46. The Labute approximate surface area is 103 Å². The van der Waals surface area contributed by atoms with Gasteiger partial charge in [-0.3, -0.25) is 0 Å². The molecule has 0 aromatic heterocycles. The maximum absolute atomic E-state index is 2.13. The fraction of sp³-hybridized carbons (Fsp3) is 1.00. The molecule has 2 fully saturated rings. The van der Waals surface area contributed by atoms with Gasteiger partial charge in [-0.15, -0.1) is 0 Å². The summed E-state index contributed by atoms with van der Waals surface area (Å²) in [6.07, 6.45) is 8.82. The number of hydrogen-bond donors (Lipinski definition) is 0. The third-order valence-corrected chi connectivity index (χ3v) is 8.77. The van der Waals surface area contributed by atoms with E-state index in [1.165, 1.54) is 50.0 Å². The molecule has 2 atom stereocenters. The lowest BCUT2D eigenvalue weighted by Gasteiger charge is -2.09. The summed E-state index contributed by atoms with van der Waals surface area (Å²) in [5.74, 6) is 2.79. The second kappa shape index (κ2) is 6.87. The van der Waals surface area contributed by atoms with Gasteiger partial charge in [-0.1, -0.05) is 56.0 Å². The third-order valence-electron chi connectivity index (χ3n) is 2.76. The van der Waals surface area contributed by atoms with Gasteiger partial charge in [-0.25, -0.2) is 0 Å². The molecule has 82 valence electrons. The molecule has 0 radical (unpaired) electrons. The van der Waals surface area contributed by atoms with Gasteiger partial charge in [-0.2, -0.15) is 0 Å². The summed E-state index contributed by atoms with van der Waals surface area (Å²) in [5.41, 5.74) is 0. The smallest absolute Gasteiger partial charge is 0.0159 e. The summed E-state index contributed by atoms with van der Waals surface area (Å²) < 4.78 is 0. The van der Waals surface area contributed by atoms with Crippen LogP contribution in [0, 0.1) is 0 Å². The van der Waals surface area contributed by atoms with Crippen molar-refractivity contribution in [1.29, 1.82) is 0 Å². The molecule has 0 aromatic carbocycles. The van der Waals surface area contributed by atoms with Crippen molar-refractivity contribution in [2.75, 3.05) is 11.5 Å². The lowest BCUT2D eigenvalue weighted by atomic mass is 10.1. The highest BCUT2D eigenvalue weighted by Crippen LogP contribution is 2.41. The van der Waals surface area contributed by atoms with Crippen LogP contribution in [0.4, 0.5) is 0 Å². The second-order valence-electron chi connectivity index (χ2n) is 3.94. The molecule has 2 saturated heterocycles. The zero-order chi connectivity index (χ0) is 9.64. The summed E-state index contributed by atoms with van der Waals surface area (Å²) in [5, 5.41) is 1.98. The summed E-state index contributed by atoms with van der Waals surface area (Å²) in [7, 11) is 8.41. The Hall–Kier alpha value is 1.40. The van der Waals surface area contributed by atoms with Crippen molar-refractivity contribution in [3.8, 4) is 0 Å². The Morgan fingerprint density at radius 1 is 0.786 bits per heavy atom. The Bertz CT molecular complexity index is 132. The molecule has 0 aliphatic carbocycles. The van der Waals surface area contributed by atoms with Gasteiger partial charge in [0.15, 0.2) is 0 Å². The van der Waals surface area contributed by atoms with Gasteiger partial charge in [0.25, 0.3) is 0 Å². The zero-order valence-electron chi connectivity index (χ0n) is 8.44. The average Bonchev–Trinajstić information content (AvgIpc) is 2.86. The predicted molar refractivity (Wildman–Crippen MR) is 75.4 cm³/mol. The number of unbranched alkanes of at least 4 members (excludes halogenated alkanes) is 1. The second-order valence-corrected chi connectivity index (χ2v) is 9.52. The molecule has 2 unspecified atom stereocenters. The fourth-order valence-corrected chi connectivity index (χ4v) is 7.93. The van der Waals surface area contributed by atoms with Crippen LogP contribution in [-0.2, 0) is 0 Å². The highest BCUT2D eigenvalue weighted by Gasteiger charge is 2.18. The molecular weight excluding hydrogens is 248 g/mol. The minimum absolute atomic E-state index is 0.991. The summed E-state index contributed by atoms with van der Waals surface area (Å²) in [6, 6.07) is 0. The van der Waals surface area contributed by atoms with Crippen LogP contribution in [0.2, 0.25) is 0 Å². The van der Waals surface area contributed by atoms with Crippen molar-refractivity contribution in [3.05, 3.63) is 0 Å². The largest absolute Gasteiger partial charge is 0.0938 e. The van der Waals surface area contributed by atoms with E-state index in [0.717, 1.165) is 10.5 Å². The normalized spacial score (nSPS) is 32.6. The van der Waals surface area contributed by atoms with Gasteiger partial charge >= 0.3 is 0 Å². The molecule has 0 spiro atoms. The maximum Gasteiger partial charge on any atom is 0.0159 e. The minimum atomic E-state index is 0.991. The first-order valence-electron chi connectivity index (χ1n) is 5.52. The van der Waals surface area contributed by atoms with Crippen molar-refractivity contribution in [2.45, 2.75) is 49.0 Å². The highest BCUT2D eigenvalue weighted by molar-refractivity contribution is 8.77. The summed E-state index contributed by atoms with van der Waals surface area (Å²) >= 11 is 0. The molecule has 2 aliphatic rings. The Kier molecular flexibility index (Phi) is 5.83. The summed E-state index contributed by atoms with van der Waals surface area (Å²) in [6.45, 7) is 0. The fourth-order valence-electron chi connectivity index (χ4n) is 1.87. The first-order valence-corrected chi connectivity index (χ1v) is 10.3. The predicted octanol–water partition coefficient (Wildman–Crippen LogP) is 4.85. The third kappa shape index (κ3) is 4.11. The molecule has 0 bridgehead atoms. The van der Waals surface area contributed by atoms with Crippen LogP contribution in [0.5, 0.6) is 0 Å². The van der Waals surface area contributed by atoms with Crippen molar-refractivity contribution in [2.24, 2.45) is 0 Å². The average molecular weight is 267 g/mol. The number of hydrogen-bond acceptors (Lipinski definition) is 4. The van der Waals surface area contributed by atoms with Crippen molar-refractivity contribution < 1.29 is 0 Å². The van der Waals surface area contributed by atoms with Crippen LogP contribution >= 0.6 is 43.2 Å². The molecular formula is C10H18S4. The van der Waals surface area contributed by atoms with Crippen molar-refractivity contribution in [3.63, 3.8) is 0 Å². The van der Waals surface area contributed by atoms with Gasteiger partial charge < -0.3 is 0 Å². The quantitative estimate of drug-likeness (QED) is 0.515. The lowest BCUT2D eigenvalue weighted by Crippen LogP contribution is -2.00. The molecule has 0 aromatic rings. The van der Waals surface area contributed by atoms with E-state index < -0.39 is 0 Å². The number of rotatable bonds is 5. The standard InChI is InChI=1S/C10H18S4/c1(3-9-5-7-11-13-9)2-4-10-6-8-12-14-10/h9-10H,1-8H2. The summed E-state index contributed by atoms with van der Waals surface area (Å²) in [4.78, 5) is 0. The maximum atomic E-state index is 2.13. The highest BCUT2D eigenvalue weighted by atomic mass is 33.1. The molecule has 0 amide bonds. The molecule has 0 saturated carbocycles. The molecule has 0 nitrogen and oxygen atoms in total. The van der Waals surface area contributed by atoms with E-state index in [1.807, 2.05) is 0 Å². The van der Waals surface area contributed by atoms with E-state index >= 15 is 0 Å². The van der Waals surface area contributed by atoms with Crippen LogP contribution in [0.1, 0.15) is 38.5 Å². The SMILES string of the molecule is C(CCC1CCSS1)CC1CCSS1. The minimum Gasteiger partial charge on any atom is -0.0938 e. The monoisotopic (exact) mass is 266 g/mol. The van der Waals surface area contributed by atoms with Gasteiger partial charge in [-0.05, 0) is 25.7 Å². The first-order chi connectivity index (χ1) is 6.95. The van der Waals surface area contributed by atoms with E-state index in [1.54, 1.807) is 0 Å². The van der Waals surface area contributed by atoms with E-state index in [4.69, 9.17) is 0 Å². The molecule has 4 heteroatoms. The van der Waals surface area contributed by atoms with Crippen LogP contribution < -0.4 is 0 Å². The molecule has 0 N–H and O–H groups in total. The van der Waals surface area contributed by atoms with Crippen LogP contribution in [0.15, 0.2) is 0 Å². The van der Waals surface area contributed by atoms with Crippen LogP contribution in [0.25, 0.3) is 0 Å². The van der Waals surface area contributed by atoms with Gasteiger partial charge in [0.2, 0.25) is 0 Å². The van der Waals surface area contributed by atoms with Gasteiger partial charge in [0, 0.05) is 22.0 Å². The molecule has 2 rings (SSSR count). The van der Waals surface area contributed by atoms with Crippen molar-refractivity contribution >= 4 is 43.2 Å². The molecule has 2 heterocycles. The van der Waals surface area contributed by atoms with E-state index in [2.05, 4.69) is 43.2 Å². The van der Waals surface area contributed by atoms with Crippen molar-refractivity contribution in [1.82, 2.24) is 0 Å². The van der Waals surface area contributed by atoms with E-state index in [0.29, 0.717) is 0 Å². The first kappa shape index (κ1) is 11.9. The van der Waals surface area contributed by atoms with Gasteiger partial charge in [0.05, 0.1) is 0 Å². The van der Waals surface area contributed by atoms with Crippen LogP contribution in [0.3, 0.4) is 0 Å². The van der Waals surface area contributed by atoms with E-state index in [-0.39, 0.29) is 0 Å². The van der Waals surface area contributed by atoms with E-state index in [9.17, 15) is 0 Å². The topological polar surface area (TPSA) is 0 Å². The van der Waals surface area contributed by atoms with Gasteiger partial charge in [0.1, 0.15) is 0 Å². The Morgan fingerprint density at radius 3 is 1.64 bits per heavy atom. The lowest BCUT2D eigenvalue weighted by molar-refractivity contribution is 0.607.